The molecule has 0 bridgehead atoms. The van der Waals surface area contributed by atoms with Crippen LogP contribution in [0.25, 0.3) is 0 Å². The maximum absolute atomic E-state index is 11.8. The number of benzene rings is 2. The summed E-state index contributed by atoms with van der Waals surface area (Å²) in [5.74, 6) is 1.04. The summed E-state index contributed by atoms with van der Waals surface area (Å²) >= 11 is 5.11. The van der Waals surface area contributed by atoms with Gasteiger partial charge in [-0.1, -0.05) is 24.3 Å². The molecule has 0 saturated carbocycles. The molecule has 2 aromatic rings. The lowest BCUT2D eigenvalue weighted by Gasteiger charge is -2.11. The predicted octanol–water partition coefficient (Wildman–Crippen LogP) is 2.98. The van der Waals surface area contributed by atoms with Gasteiger partial charge in [0, 0.05) is 11.8 Å². The highest BCUT2D eigenvalue weighted by Gasteiger charge is 2.06. The Labute approximate surface area is 140 Å². The molecule has 0 aliphatic heterocycles. The largest absolute Gasteiger partial charge is 0.494 e. The molecule has 0 saturated heterocycles. The fourth-order valence-electron chi connectivity index (χ4n) is 1.82. The number of carbonyl (C=O) groups is 1. The van der Waals surface area contributed by atoms with Crippen LogP contribution >= 0.6 is 12.2 Å². The SMILES string of the molecule is CCOc1cccc(NC(=S)NC(=O)COc2ccccc2)c1. The van der Waals surface area contributed by atoms with E-state index >= 15 is 0 Å². The molecule has 5 nitrogen and oxygen atoms in total. The summed E-state index contributed by atoms with van der Waals surface area (Å²) in [6.07, 6.45) is 0. The maximum Gasteiger partial charge on any atom is 0.264 e. The van der Waals surface area contributed by atoms with E-state index in [1.54, 1.807) is 12.1 Å². The van der Waals surface area contributed by atoms with E-state index in [4.69, 9.17) is 21.7 Å². The first-order valence-electron chi connectivity index (χ1n) is 7.19. The number of hydrogen-bond donors (Lipinski definition) is 2. The van der Waals surface area contributed by atoms with Gasteiger partial charge in [-0.2, -0.15) is 0 Å². The molecule has 23 heavy (non-hydrogen) atoms. The van der Waals surface area contributed by atoms with Gasteiger partial charge in [0.2, 0.25) is 0 Å². The van der Waals surface area contributed by atoms with Gasteiger partial charge in [0.15, 0.2) is 11.7 Å². The molecule has 0 heterocycles. The standard InChI is InChI=1S/C17H18N2O3S/c1-2-21-15-10-6-7-13(11-15)18-17(23)19-16(20)12-22-14-8-4-3-5-9-14/h3-11H,2,12H2,1H3,(H2,18,19,20,23). The van der Waals surface area contributed by atoms with Crippen LogP contribution in [-0.4, -0.2) is 24.2 Å². The predicted molar refractivity (Wildman–Crippen MR) is 93.9 cm³/mol. The summed E-state index contributed by atoms with van der Waals surface area (Å²) in [6.45, 7) is 2.39. The molecule has 2 N–H and O–H groups in total. The first-order valence-corrected chi connectivity index (χ1v) is 7.59. The number of ether oxygens (including phenoxy) is 2. The smallest absolute Gasteiger partial charge is 0.264 e. The minimum Gasteiger partial charge on any atom is -0.494 e. The van der Waals surface area contributed by atoms with Crippen molar-refractivity contribution in [1.82, 2.24) is 5.32 Å². The van der Waals surface area contributed by atoms with Gasteiger partial charge in [0.1, 0.15) is 11.5 Å². The zero-order valence-corrected chi connectivity index (χ0v) is 13.6. The summed E-state index contributed by atoms with van der Waals surface area (Å²) in [5.41, 5.74) is 0.741. The number of anilines is 1. The normalized spacial score (nSPS) is 9.78. The molecular formula is C17H18N2O3S. The van der Waals surface area contributed by atoms with E-state index < -0.39 is 0 Å². The summed E-state index contributed by atoms with van der Waals surface area (Å²) in [7, 11) is 0. The molecule has 2 aromatic carbocycles. The minimum atomic E-state index is -0.327. The van der Waals surface area contributed by atoms with Crippen molar-refractivity contribution in [2.24, 2.45) is 0 Å². The molecule has 120 valence electrons. The molecule has 0 unspecified atom stereocenters. The van der Waals surface area contributed by atoms with Gasteiger partial charge in [0.25, 0.3) is 5.91 Å². The van der Waals surface area contributed by atoms with Crippen molar-refractivity contribution in [2.75, 3.05) is 18.5 Å². The second-order valence-electron chi connectivity index (χ2n) is 4.56. The molecule has 1 amide bonds. The van der Waals surface area contributed by atoms with E-state index in [0.29, 0.717) is 12.4 Å². The Hall–Kier alpha value is -2.60. The quantitative estimate of drug-likeness (QED) is 0.798. The molecule has 0 radical (unpaired) electrons. The lowest BCUT2D eigenvalue weighted by molar-refractivity contribution is -0.121. The summed E-state index contributed by atoms with van der Waals surface area (Å²) in [4.78, 5) is 11.8. The van der Waals surface area contributed by atoms with E-state index in [9.17, 15) is 4.79 Å². The number of amides is 1. The summed E-state index contributed by atoms with van der Waals surface area (Å²) < 4.78 is 10.8. The van der Waals surface area contributed by atoms with Gasteiger partial charge in [-0.3, -0.25) is 10.1 Å². The van der Waals surface area contributed by atoms with Crippen molar-refractivity contribution in [3.8, 4) is 11.5 Å². The second-order valence-corrected chi connectivity index (χ2v) is 4.97. The monoisotopic (exact) mass is 330 g/mol. The zero-order valence-electron chi connectivity index (χ0n) is 12.7. The fourth-order valence-corrected chi connectivity index (χ4v) is 2.05. The summed E-state index contributed by atoms with van der Waals surface area (Å²) in [6, 6.07) is 16.5. The van der Waals surface area contributed by atoms with E-state index in [1.807, 2.05) is 49.4 Å². The van der Waals surface area contributed by atoms with Crippen molar-refractivity contribution in [2.45, 2.75) is 6.92 Å². The highest BCUT2D eigenvalue weighted by molar-refractivity contribution is 7.80. The van der Waals surface area contributed by atoms with E-state index in [0.717, 1.165) is 11.4 Å². The second kappa shape index (κ2) is 8.75. The molecule has 0 spiro atoms. The molecule has 0 aliphatic rings. The van der Waals surface area contributed by atoms with Crippen LogP contribution in [0.4, 0.5) is 5.69 Å². The van der Waals surface area contributed by atoms with Crippen molar-refractivity contribution in [3.05, 3.63) is 54.6 Å². The fraction of sp³-hybridized carbons (Fsp3) is 0.176. The molecular weight excluding hydrogens is 312 g/mol. The third-order valence-corrected chi connectivity index (χ3v) is 2.97. The lowest BCUT2D eigenvalue weighted by atomic mass is 10.3. The van der Waals surface area contributed by atoms with E-state index in [1.165, 1.54) is 0 Å². The van der Waals surface area contributed by atoms with Crippen LogP contribution in [-0.2, 0) is 4.79 Å². The van der Waals surface area contributed by atoms with Crippen LogP contribution in [0, 0.1) is 0 Å². The molecule has 2 rings (SSSR count). The summed E-state index contributed by atoms with van der Waals surface area (Å²) in [5, 5.41) is 5.71. The Kier molecular flexibility index (Phi) is 6.38. The van der Waals surface area contributed by atoms with E-state index in [2.05, 4.69) is 10.6 Å². The average molecular weight is 330 g/mol. The zero-order chi connectivity index (χ0) is 16.5. The first-order chi connectivity index (χ1) is 11.2. The average Bonchev–Trinajstić information content (AvgIpc) is 2.54. The third-order valence-electron chi connectivity index (χ3n) is 2.77. The van der Waals surface area contributed by atoms with E-state index in [-0.39, 0.29) is 17.6 Å². The van der Waals surface area contributed by atoms with Crippen LogP contribution in [0.2, 0.25) is 0 Å². The van der Waals surface area contributed by atoms with Crippen molar-refractivity contribution in [3.63, 3.8) is 0 Å². The highest BCUT2D eigenvalue weighted by atomic mass is 32.1. The minimum absolute atomic E-state index is 0.106. The number of para-hydroxylation sites is 1. The Morgan fingerprint density at radius 2 is 1.78 bits per heavy atom. The highest BCUT2D eigenvalue weighted by Crippen LogP contribution is 2.17. The number of thiocarbonyl (C=S) groups is 1. The van der Waals surface area contributed by atoms with Gasteiger partial charge < -0.3 is 14.8 Å². The van der Waals surface area contributed by atoms with Crippen LogP contribution in [0.15, 0.2) is 54.6 Å². The van der Waals surface area contributed by atoms with Crippen molar-refractivity contribution < 1.29 is 14.3 Å². The molecule has 0 fully saturated rings. The van der Waals surface area contributed by atoms with Gasteiger partial charge >= 0.3 is 0 Å². The number of rotatable bonds is 6. The Morgan fingerprint density at radius 3 is 2.52 bits per heavy atom. The molecule has 0 aliphatic carbocycles. The van der Waals surface area contributed by atoms with Gasteiger partial charge in [0.05, 0.1) is 6.61 Å². The molecule has 6 heteroatoms. The van der Waals surface area contributed by atoms with Crippen molar-refractivity contribution >= 4 is 28.9 Å². The Balaban J connectivity index is 1.79. The molecule has 0 atom stereocenters. The maximum atomic E-state index is 11.8. The molecule has 0 aromatic heterocycles. The van der Waals surface area contributed by atoms with Gasteiger partial charge in [-0.05, 0) is 43.4 Å². The lowest BCUT2D eigenvalue weighted by Crippen LogP contribution is -2.37. The van der Waals surface area contributed by atoms with Crippen LogP contribution in [0.1, 0.15) is 6.92 Å². The van der Waals surface area contributed by atoms with Gasteiger partial charge in [-0.25, -0.2) is 0 Å². The number of carbonyl (C=O) groups excluding carboxylic acids is 1. The Bertz CT molecular complexity index is 662. The van der Waals surface area contributed by atoms with Crippen LogP contribution < -0.4 is 20.1 Å². The topological polar surface area (TPSA) is 59.6 Å². The number of nitrogens with one attached hydrogen (secondary N) is 2. The third kappa shape index (κ3) is 5.96. The van der Waals surface area contributed by atoms with Crippen molar-refractivity contribution in [1.29, 1.82) is 0 Å². The Morgan fingerprint density at radius 1 is 1.04 bits per heavy atom. The van der Waals surface area contributed by atoms with Crippen LogP contribution in [0.3, 0.4) is 0 Å². The first kappa shape index (κ1) is 16.8. The number of hydrogen-bond acceptors (Lipinski definition) is 4. The van der Waals surface area contributed by atoms with Gasteiger partial charge in [-0.15, -0.1) is 0 Å². The van der Waals surface area contributed by atoms with Crippen LogP contribution in [0.5, 0.6) is 11.5 Å².